The lowest BCUT2D eigenvalue weighted by molar-refractivity contribution is 0.228. The fraction of sp³-hybridized carbons (Fsp3) is 0.647. The Labute approximate surface area is 124 Å². The molecule has 1 aromatic rings. The smallest absolute Gasteiger partial charge is 0.123 e. The molecule has 1 aliphatic rings. The molecule has 1 atom stereocenters. The van der Waals surface area contributed by atoms with Gasteiger partial charge >= 0.3 is 0 Å². The zero-order valence-corrected chi connectivity index (χ0v) is 13.5. The summed E-state index contributed by atoms with van der Waals surface area (Å²) >= 11 is 3.93. The van der Waals surface area contributed by atoms with E-state index in [1.54, 1.807) is 6.07 Å². The van der Waals surface area contributed by atoms with Crippen molar-refractivity contribution in [2.75, 3.05) is 0 Å². The molecule has 1 aliphatic carbocycles. The Morgan fingerprint density at radius 3 is 2.53 bits per heavy atom. The van der Waals surface area contributed by atoms with E-state index < -0.39 is 0 Å². The number of hydrogen-bond acceptors (Lipinski definition) is 0. The number of rotatable bonds is 5. The topological polar surface area (TPSA) is 0 Å². The van der Waals surface area contributed by atoms with Gasteiger partial charge in [-0.15, -0.1) is 0 Å². The molecule has 0 N–H and O–H groups in total. The van der Waals surface area contributed by atoms with Crippen LogP contribution in [0.2, 0.25) is 0 Å². The summed E-state index contributed by atoms with van der Waals surface area (Å²) in [4.78, 5) is 0.465. The third kappa shape index (κ3) is 3.81. The highest BCUT2D eigenvalue weighted by atomic mass is 79.9. The predicted octanol–water partition coefficient (Wildman–Crippen LogP) is 5.74. The molecule has 0 bridgehead atoms. The summed E-state index contributed by atoms with van der Waals surface area (Å²) in [6.07, 6.45) is 7.53. The van der Waals surface area contributed by atoms with E-state index in [-0.39, 0.29) is 5.82 Å². The molecule has 1 unspecified atom stereocenters. The van der Waals surface area contributed by atoms with E-state index >= 15 is 0 Å². The first-order chi connectivity index (χ1) is 9.02. The standard InChI is InChI=1S/C17H24BrF/c1-13(2)12-17(8-3-4-9-17)16(18)11-14-6-5-7-15(19)10-14/h5-7,10,13,16H,3-4,8-9,11-12H2,1-2H3. The fourth-order valence-electron chi connectivity index (χ4n) is 3.62. The second-order valence-corrected chi connectivity index (χ2v) is 7.57. The maximum Gasteiger partial charge on any atom is 0.123 e. The lowest BCUT2D eigenvalue weighted by atomic mass is 9.74. The van der Waals surface area contributed by atoms with Crippen molar-refractivity contribution in [3.63, 3.8) is 0 Å². The zero-order valence-electron chi connectivity index (χ0n) is 12.0. The van der Waals surface area contributed by atoms with E-state index in [0.717, 1.165) is 17.9 Å². The Morgan fingerprint density at radius 1 is 1.26 bits per heavy atom. The van der Waals surface area contributed by atoms with Gasteiger partial charge in [0.15, 0.2) is 0 Å². The van der Waals surface area contributed by atoms with Gasteiger partial charge in [0.05, 0.1) is 0 Å². The Bertz CT molecular complexity index is 407. The van der Waals surface area contributed by atoms with E-state index in [9.17, 15) is 4.39 Å². The summed E-state index contributed by atoms with van der Waals surface area (Å²) in [5.41, 5.74) is 1.53. The highest BCUT2D eigenvalue weighted by Gasteiger charge is 2.40. The van der Waals surface area contributed by atoms with Crippen molar-refractivity contribution in [2.45, 2.75) is 57.2 Å². The molecule has 0 saturated heterocycles. The van der Waals surface area contributed by atoms with Crippen LogP contribution in [-0.4, -0.2) is 4.83 Å². The molecule has 106 valence electrons. The van der Waals surface area contributed by atoms with Crippen LogP contribution in [0.5, 0.6) is 0 Å². The van der Waals surface area contributed by atoms with E-state index in [2.05, 4.69) is 29.8 Å². The first-order valence-corrected chi connectivity index (χ1v) is 8.32. The SMILES string of the molecule is CC(C)CC1(C(Br)Cc2cccc(F)c2)CCCC1. The maximum atomic E-state index is 13.3. The maximum absolute atomic E-state index is 13.3. The van der Waals surface area contributed by atoms with Crippen LogP contribution in [0.15, 0.2) is 24.3 Å². The van der Waals surface area contributed by atoms with Crippen LogP contribution in [0.4, 0.5) is 4.39 Å². The normalized spacial score (nSPS) is 19.8. The molecule has 2 rings (SSSR count). The molecule has 1 fully saturated rings. The molecule has 0 aromatic heterocycles. The number of benzene rings is 1. The minimum absolute atomic E-state index is 0.124. The molecule has 0 spiro atoms. The Balaban J connectivity index is 2.09. The summed E-state index contributed by atoms with van der Waals surface area (Å²) in [6, 6.07) is 7.04. The average molecular weight is 327 g/mol. The van der Waals surface area contributed by atoms with Crippen molar-refractivity contribution in [1.29, 1.82) is 0 Å². The monoisotopic (exact) mass is 326 g/mol. The van der Waals surface area contributed by atoms with Crippen molar-refractivity contribution in [1.82, 2.24) is 0 Å². The molecular formula is C17H24BrF. The summed E-state index contributed by atoms with van der Waals surface area (Å²) in [5, 5.41) is 0. The molecule has 0 nitrogen and oxygen atoms in total. The molecule has 1 aromatic carbocycles. The van der Waals surface area contributed by atoms with Crippen LogP contribution in [0.3, 0.4) is 0 Å². The highest BCUT2D eigenvalue weighted by molar-refractivity contribution is 9.09. The fourth-order valence-corrected chi connectivity index (χ4v) is 4.64. The summed E-state index contributed by atoms with van der Waals surface area (Å²) in [5.74, 6) is 0.604. The minimum atomic E-state index is -0.124. The summed E-state index contributed by atoms with van der Waals surface area (Å²) < 4.78 is 13.3. The third-order valence-corrected chi connectivity index (χ3v) is 5.68. The van der Waals surface area contributed by atoms with Crippen molar-refractivity contribution >= 4 is 15.9 Å². The van der Waals surface area contributed by atoms with E-state index in [0.29, 0.717) is 10.2 Å². The lowest BCUT2D eigenvalue weighted by Gasteiger charge is -2.36. The van der Waals surface area contributed by atoms with Gasteiger partial charge in [-0.05, 0) is 54.7 Å². The quantitative estimate of drug-likeness (QED) is 0.605. The Hall–Kier alpha value is -0.370. The van der Waals surface area contributed by atoms with Crippen LogP contribution in [0, 0.1) is 17.2 Å². The molecule has 0 radical (unpaired) electrons. The van der Waals surface area contributed by atoms with Crippen LogP contribution < -0.4 is 0 Å². The van der Waals surface area contributed by atoms with Crippen molar-refractivity contribution in [3.8, 4) is 0 Å². The van der Waals surface area contributed by atoms with Gasteiger partial charge < -0.3 is 0 Å². The predicted molar refractivity (Wildman–Crippen MR) is 83.2 cm³/mol. The molecular weight excluding hydrogens is 303 g/mol. The number of hydrogen-bond donors (Lipinski definition) is 0. The number of alkyl halides is 1. The van der Waals surface area contributed by atoms with E-state index in [1.807, 2.05) is 12.1 Å². The van der Waals surface area contributed by atoms with Gasteiger partial charge in [0.25, 0.3) is 0 Å². The van der Waals surface area contributed by atoms with Crippen LogP contribution >= 0.6 is 15.9 Å². The second kappa shape index (κ2) is 6.39. The summed E-state index contributed by atoms with van der Waals surface area (Å²) in [7, 11) is 0. The van der Waals surface area contributed by atoms with Crippen LogP contribution in [-0.2, 0) is 6.42 Å². The highest BCUT2D eigenvalue weighted by Crippen LogP contribution is 2.49. The van der Waals surface area contributed by atoms with Gasteiger partial charge in [0, 0.05) is 4.83 Å². The van der Waals surface area contributed by atoms with Gasteiger partial charge in [-0.2, -0.15) is 0 Å². The third-order valence-electron chi connectivity index (χ3n) is 4.38. The van der Waals surface area contributed by atoms with Gasteiger partial charge in [0.1, 0.15) is 5.82 Å². The van der Waals surface area contributed by atoms with Crippen molar-refractivity contribution < 1.29 is 4.39 Å². The number of halogens is 2. The van der Waals surface area contributed by atoms with Gasteiger partial charge in [0.2, 0.25) is 0 Å². The Kier molecular flexibility index (Phi) is 5.05. The molecule has 1 saturated carbocycles. The largest absolute Gasteiger partial charge is 0.207 e. The van der Waals surface area contributed by atoms with Gasteiger partial charge in [-0.3, -0.25) is 0 Å². The molecule has 2 heteroatoms. The summed E-state index contributed by atoms with van der Waals surface area (Å²) in [6.45, 7) is 4.62. The first-order valence-electron chi connectivity index (χ1n) is 7.40. The Morgan fingerprint density at radius 2 is 1.95 bits per heavy atom. The molecule has 0 aliphatic heterocycles. The first kappa shape index (κ1) is 15.0. The molecule has 19 heavy (non-hydrogen) atoms. The van der Waals surface area contributed by atoms with Crippen molar-refractivity contribution in [2.24, 2.45) is 11.3 Å². The van der Waals surface area contributed by atoms with Crippen molar-refractivity contribution in [3.05, 3.63) is 35.6 Å². The second-order valence-electron chi connectivity index (χ2n) is 6.47. The molecule has 0 amide bonds. The van der Waals surface area contributed by atoms with E-state index in [1.165, 1.54) is 38.2 Å². The van der Waals surface area contributed by atoms with Crippen LogP contribution in [0.25, 0.3) is 0 Å². The van der Waals surface area contributed by atoms with Gasteiger partial charge in [-0.1, -0.05) is 54.8 Å². The molecule has 0 heterocycles. The van der Waals surface area contributed by atoms with Crippen LogP contribution in [0.1, 0.15) is 51.5 Å². The lowest BCUT2D eigenvalue weighted by Crippen LogP contribution is -2.31. The van der Waals surface area contributed by atoms with Gasteiger partial charge in [-0.25, -0.2) is 4.39 Å². The zero-order chi connectivity index (χ0) is 13.9. The van der Waals surface area contributed by atoms with E-state index in [4.69, 9.17) is 0 Å². The minimum Gasteiger partial charge on any atom is -0.207 e. The average Bonchev–Trinajstić information content (AvgIpc) is 2.78.